The fourth-order valence-electron chi connectivity index (χ4n) is 4.75. The number of thioether (sulfide) groups is 1. The van der Waals surface area contributed by atoms with Crippen LogP contribution in [-0.2, 0) is 4.74 Å². The standard InChI is InChI=1S/C19H28FNO2S/c20-13-7-1-4-10-16(13)23-19(22)21-14-8-2-5-11-17(14)24-18-12-6-3-9-15(18)21/h13-14,16-17H,1-12H2. The van der Waals surface area contributed by atoms with Crippen LogP contribution in [0, 0.1) is 0 Å². The van der Waals surface area contributed by atoms with E-state index in [2.05, 4.69) is 0 Å². The van der Waals surface area contributed by atoms with Gasteiger partial charge in [-0.2, -0.15) is 0 Å². The minimum Gasteiger partial charge on any atom is -0.443 e. The highest BCUT2D eigenvalue weighted by Crippen LogP contribution is 2.48. The van der Waals surface area contributed by atoms with Crippen molar-refractivity contribution in [1.29, 1.82) is 0 Å². The summed E-state index contributed by atoms with van der Waals surface area (Å²) in [6, 6.07) is 0.259. The van der Waals surface area contributed by atoms with Crippen molar-refractivity contribution < 1.29 is 13.9 Å². The number of carbonyl (C=O) groups excluding carboxylic acids is 1. The smallest absolute Gasteiger partial charge is 0.414 e. The third kappa shape index (κ3) is 3.21. The quantitative estimate of drug-likeness (QED) is 0.619. The van der Waals surface area contributed by atoms with Crippen LogP contribution in [0.1, 0.15) is 77.0 Å². The summed E-state index contributed by atoms with van der Waals surface area (Å²) in [5.74, 6) is 0. The summed E-state index contributed by atoms with van der Waals surface area (Å²) in [6.45, 7) is 0. The maximum Gasteiger partial charge on any atom is 0.414 e. The first-order chi connectivity index (χ1) is 11.7. The molecule has 0 radical (unpaired) electrons. The molecule has 4 unspecified atom stereocenters. The lowest BCUT2D eigenvalue weighted by Crippen LogP contribution is -2.51. The van der Waals surface area contributed by atoms with Gasteiger partial charge in [-0.05, 0) is 57.8 Å². The van der Waals surface area contributed by atoms with Crippen LogP contribution in [0.5, 0.6) is 0 Å². The first kappa shape index (κ1) is 16.7. The lowest BCUT2D eigenvalue weighted by atomic mass is 9.91. The van der Waals surface area contributed by atoms with Gasteiger partial charge in [0, 0.05) is 15.9 Å². The van der Waals surface area contributed by atoms with Gasteiger partial charge in [0.2, 0.25) is 0 Å². The molecule has 4 rings (SSSR count). The molecular weight excluding hydrogens is 325 g/mol. The lowest BCUT2D eigenvalue weighted by molar-refractivity contribution is -0.00139. The van der Waals surface area contributed by atoms with Gasteiger partial charge in [0.15, 0.2) is 0 Å². The van der Waals surface area contributed by atoms with Crippen LogP contribution < -0.4 is 0 Å². The van der Waals surface area contributed by atoms with E-state index >= 15 is 0 Å². The van der Waals surface area contributed by atoms with Crippen LogP contribution >= 0.6 is 11.8 Å². The molecule has 134 valence electrons. The van der Waals surface area contributed by atoms with E-state index in [9.17, 15) is 9.18 Å². The number of hydrogen-bond acceptors (Lipinski definition) is 3. The molecule has 4 aliphatic rings. The molecule has 2 saturated carbocycles. The van der Waals surface area contributed by atoms with Crippen LogP contribution in [0.15, 0.2) is 10.6 Å². The second-order valence-electron chi connectivity index (χ2n) is 7.68. The number of allylic oxidation sites excluding steroid dienone is 2. The van der Waals surface area contributed by atoms with Gasteiger partial charge in [-0.15, -0.1) is 11.8 Å². The van der Waals surface area contributed by atoms with Crippen molar-refractivity contribution >= 4 is 17.9 Å². The molecule has 2 fully saturated rings. The van der Waals surface area contributed by atoms with Crippen molar-refractivity contribution in [1.82, 2.24) is 4.90 Å². The number of alkyl halides is 1. The number of hydrogen-bond donors (Lipinski definition) is 0. The van der Waals surface area contributed by atoms with Crippen molar-refractivity contribution in [2.75, 3.05) is 0 Å². The first-order valence-corrected chi connectivity index (χ1v) is 10.6. The number of nitrogens with zero attached hydrogens (tertiary/aromatic N) is 1. The predicted molar refractivity (Wildman–Crippen MR) is 94.6 cm³/mol. The molecule has 24 heavy (non-hydrogen) atoms. The number of carbonyl (C=O) groups is 1. The zero-order valence-electron chi connectivity index (χ0n) is 14.3. The van der Waals surface area contributed by atoms with E-state index in [4.69, 9.17) is 4.74 Å². The minimum absolute atomic E-state index is 0.259. The van der Waals surface area contributed by atoms with E-state index < -0.39 is 12.3 Å². The third-order valence-corrected chi connectivity index (χ3v) is 7.62. The van der Waals surface area contributed by atoms with Gasteiger partial charge >= 0.3 is 6.09 Å². The predicted octanol–water partition coefficient (Wildman–Crippen LogP) is 5.55. The SMILES string of the molecule is O=C(OC1CCCCC1F)N1C2=C(CCCC2)SC2CCCCC21. The third-order valence-electron chi connectivity index (χ3n) is 6.04. The molecule has 0 spiro atoms. The number of rotatable bonds is 1. The number of ether oxygens (including phenoxy) is 1. The highest BCUT2D eigenvalue weighted by molar-refractivity contribution is 8.03. The Morgan fingerprint density at radius 1 is 1.00 bits per heavy atom. The normalized spacial score (nSPS) is 36.8. The van der Waals surface area contributed by atoms with E-state index in [-0.39, 0.29) is 12.1 Å². The van der Waals surface area contributed by atoms with E-state index in [0.717, 1.165) is 38.5 Å². The Morgan fingerprint density at radius 3 is 2.62 bits per heavy atom. The average molecular weight is 354 g/mol. The fraction of sp³-hybridized carbons (Fsp3) is 0.842. The van der Waals surface area contributed by atoms with Crippen LogP contribution in [0.25, 0.3) is 0 Å². The summed E-state index contributed by atoms with van der Waals surface area (Å²) in [5, 5.41) is 0.510. The highest BCUT2D eigenvalue weighted by atomic mass is 32.2. The summed E-state index contributed by atoms with van der Waals surface area (Å²) in [4.78, 5) is 16.4. The molecule has 3 nitrogen and oxygen atoms in total. The van der Waals surface area contributed by atoms with E-state index in [1.807, 2.05) is 16.7 Å². The number of fused-ring (bicyclic) bond motifs is 1. The molecule has 0 aromatic carbocycles. The molecular formula is C19H28FNO2S. The van der Waals surface area contributed by atoms with Gasteiger partial charge in [0.05, 0.1) is 6.04 Å². The lowest BCUT2D eigenvalue weighted by Gasteiger charge is -2.46. The number of amides is 1. The van der Waals surface area contributed by atoms with Crippen molar-refractivity contribution in [3.63, 3.8) is 0 Å². The summed E-state index contributed by atoms with van der Waals surface area (Å²) < 4.78 is 19.8. The Bertz CT molecular complexity index is 523. The van der Waals surface area contributed by atoms with Crippen LogP contribution in [-0.4, -0.2) is 34.6 Å². The largest absolute Gasteiger partial charge is 0.443 e. The Hall–Kier alpha value is -0.710. The molecule has 1 amide bonds. The van der Waals surface area contributed by atoms with Crippen LogP contribution in [0.3, 0.4) is 0 Å². The zero-order chi connectivity index (χ0) is 16.5. The molecule has 0 N–H and O–H groups in total. The average Bonchev–Trinajstić information content (AvgIpc) is 2.61. The minimum atomic E-state index is -0.983. The van der Waals surface area contributed by atoms with E-state index in [1.165, 1.54) is 36.3 Å². The van der Waals surface area contributed by atoms with Gasteiger partial charge in [0.25, 0.3) is 0 Å². The van der Waals surface area contributed by atoms with Gasteiger partial charge in [0.1, 0.15) is 12.3 Å². The molecule has 4 atom stereocenters. The second-order valence-corrected chi connectivity index (χ2v) is 9.01. The molecule has 3 aliphatic carbocycles. The monoisotopic (exact) mass is 353 g/mol. The van der Waals surface area contributed by atoms with Crippen molar-refractivity contribution in [2.24, 2.45) is 0 Å². The Morgan fingerprint density at radius 2 is 1.75 bits per heavy atom. The van der Waals surface area contributed by atoms with Gasteiger partial charge in [-0.25, -0.2) is 9.18 Å². The molecule has 5 heteroatoms. The van der Waals surface area contributed by atoms with E-state index in [0.29, 0.717) is 18.1 Å². The summed E-state index contributed by atoms with van der Waals surface area (Å²) in [5.41, 5.74) is 1.20. The van der Waals surface area contributed by atoms with Crippen molar-refractivity contribution in [3.05, 3.63) is 10.6 Å². The van der Waals surface area contributed by atoms with E-state index in [1.54, 1.807) is 0 Å². The second kappa shape index (κ2) is 7.27. The fourth-order valence-corrected chi connectivity index (χ4v) is 6.42. The molecule has 0 aromatic heterocycles. The molecule has 0 saturated heterocycles. The topological polar surface area (TPSA) is 29.5 Å². The summed E-state index contributed by atoms with van der Waals surface area (Å²) in [6.07, 6.45) is 10.4. The van der Waals surface area contributed by atoms with Gasteiger partial charge < -0.3 is 4.74 Å². The summed E-state index contributed by atoms with van der Waals surface area (Å²) in [7, 11) is 0. The van der Waals surface area contributed by atoms with Crippen LogP contribution in [0.4, 0.5) is 9.18 Å². The molecule has 1 aliphatic heterocycles. The molecule has 0 aromatic rings. The first-order valence-electron chi connectivity index (χ1n) is 9.76. The van der Waals surface area contributed by atoms with Gasteiger partial charge in [-0.3, -0.25) is 4.90 Å². The van der Waals surface area contributed by atoms with Crippen molar-refractivity contribution in [2.45, 2.75) is 101 Å². The van der Waals surface area contributed by atoms with Gasteiger partial charge in [-0.1, -0.05) is 19.3 Å². The van der Waals surface area contributed by atoms with Crippen molar-refractivity contribution in [3.8, 4) is 0 Å². The molecule has 1 heterocycles. The highest BCUT2D eigenvalue weighted by Gasteiger charge is 2.43. The maximum atomic E-state index is 14.1. The Labute approximate surface area is 148 Å². The zero-order valence-corrected chi connectivity index (χ0v) is 15.2. The maximum absolute atomic E-state index is 14.1. The Kier molecular flexibility index (Phi) is 5.07. The van der Waals surface area contributed by atoms with Crippen LogP contribution in [0.2, 0.25) is 0 Å². The summed E-state index contributed by atoms with van der Waals surface area (Å²) >= 11 is 2.02. The molecule has 0 bridgehead atoms. The Balaban J connectivity index is 1.56. The number of halogens is 1.